The van der Waals surface area contributed by atoms with Crippen molar-refractivity contribution in [3.05, 3.63) is 46.2 Å². The van der Waals surface area contributed by atoms with Crippen molar-refractivity contribution in [3.63, 3.8) is 0 Å². The number of ether oxygens (including phenoxy) is 2. The van der Waals surface area contributed by atoms with Gasteiger partial charge in [-0.3, -0.25) is 4.98 Å². The first kappa shape index (κ1) is 15.6. The predicted molar refractivity (Wildman–Crippen MR) is 90.0 cm³/mol. The smallest absolute Gasteiger partial charge is 0.319 e. The van der Waals surface area contributed by atoms with Gasteiger partial charge in [-0.2, -0.15) is 0 Å². The Morgan fingerprint density at radius 2 is 2.00 bits per heavy atom. The number of fused-ring (bicyclic) bond motifs is 1. The summed E-state index contributed by atoms with van der Waals surface area (Å²) in [5, 5.41) is 5.56. The Bertz CT molecular complexity index is 737. The molecule has 0 atom stereocenters. The van der Waals surface area contributed by atoms with Crippen LogP contribution in [-0.4, -0.2) is 24.2 Å². The molecule has 0 radical (unpaired) electrons. The van der Waals surface area contributed by atoms with E-state index in [1.54, 1.807) is 12.1 Å². The topological polar surface area (TPSA) is 72.5 Å². The first-order valence-electron chi connectivity index (χ1n) is 7.18. The van der Waals surface area contributed by atoms with E-state index in [0.29, 0.717) is 36.9 Å². The lowest BCUT2D eigenvalue weighted by Gasteiger charge is -2.20. The van der Waals surface area contributed by atoms with Gasteiger partial charge in [-0.1, -0.05) is 6.07 Å². The van der Waals surface area contributed by atoms with E-state index in [4.69, 9.17) is 9.47 Å². The third-order valence-electron chi connectivity index (χ3n) is 3.26. The number of carbonyl (C=O) groups excluding carboxylic acids is 1. The summed E-state index contributed by atoms with van der Waals surface area (Å²) in [5.41, 5.74) is 2.34. The Labute approximate surface area is 142 Å². The highest BCUT2D eigenvalue weighted by Crippen LogP contribution is 2.38. The normalized spacial score (nSPS) is 12.6. The van der Waals surface area contributed by atoms with Crippen LogP contribution in [0.4, 0.5) is 10.5 Å². The van der Waals surface area contributed by atoms with Gasteiger partial charge >= 0.3 is 6.03 Å². The molecule has 1 aromatic heterocycles. The first-order chi connectivity index (χ1) is 11.1. The molecule has 0 aliphatic carbocycles. The number of aromatic nitrogens is 1. The summed E-state index contributed by atoms with van der Waals surface area (Å²) in [5.74, 6) is 1.29. The highest BCUT2D eigenvalue weighted by atomic mass is 79.9. The van der Waals surface area contributed by atoms with Gasteiger partial charge in [0.25, 0.3) is 0 Å². The van der Waals surface area contributed by atoms with Crippen molar-refractivity contribution in [2.45, 2.75) is 13.5 Å². The number of carbonyl (C=O) groups is 1. The summed E-state index contributed by atoms with van der Waals surface area (Å²) >= 11 is 3.42. The molecule has 23 heavy (non-hydrogen) atoms. The van der Waals surface area contributed by atoms with Crippen LogP contribution >= 0.6 is 15.9 Å². The minimum absolute atomic E-state index is 0.314. The molecule has 1 aromatic carbocycles. The lowest BCUT2D eigenvalue weighted by molar-refractivity contribution is 0.171. The highest BCUT2D eigenvalue weighted by molar-refractivity contribution is 9.10. The molecule has 0 unspecified atom stereocenters. The Hall–Kier alpha value is -2.28. The molecule has 0 spiro atoms. The molecule has 0 bridgehead atoms. The van der Waals surface area contributed by atoms with Gasteiger partial charge in [-0.05, 0) is 35.0 Å². The van der Waals surface area contributed by atoms with Crippen LogP contribution in [-0.2, 0) is 6.54 Å². The predicted octanol–water partition coefficient (Wildman–Crippen LogP) is 3.25. The Morgan fingerprint density at radius 3 is 2.74 bits per heavy atom. The zero-order valence-electron chi connectivity index (χ0n) is 12.6. The van der Waals surface area contributed by atoms with E-state index in [1.165, 1.54) is 0 Å². The molecule has 0 fully saturated rings. The van der Waals surface area contributed by atoms with E-state index in [9.17, 15) is 4.79 Å². The van der Waals surface area contributed by atoms with Crippen LogP contribution in [0.3, 0.4) is 0 Å². The molecule has 0 saturated heterocycles. The lowest BCUT2D eigenvalue weighted by atomic mass is 10.2. The minimum Gasteiger partial charge on any atom is -0.486 e. The van der Waals surface area contributed by atoms with Crippen molar-refractivity contribution in [2.24, 2.45) is 0 Å². The SMILES string of the molecule is Cc1cccc(CNC(=O)Nc2cc3c(cc2Br)OCCO3)n1. The van der Waals surface area contributed by atoms with E-state index in [0.717, 1.165) is 15.9 Å². The molecule has 120 valence electrons. The number of nitrogens with zero attached hydrogens (tertiary/aromatic N) is 1. The maximum Gasteiger partial charge on any atom is 0.319 e. The summed E-state index contributed by atoms with van der Waals surface area (Å²) in [6, 6.07) is 8.90. The van der Waals surface area contributed by atoms with Crippen molar-refractivity contribution in [1.82, 2.24) is 10.3 Å². The summed E-state index contributed by atoms with van der Waals surface area (Å²) in [6.45, 7) is 3.29. The van der Waals surface area contributed by atoms with Gasteiger partial charge < -0.3 is 20.1 Å². The molecule has 0 saturated carbocycles. The lowest BCUT2D eigenvalue weighted by Crippen LogP contribution is -2.28. The van der Waals surface area contributed by atoms with Crippen molar-refractivity contribution in [1.29, 1.82) is 0 Å². The molecule has 3 rings (SSSR count). The van der Waals surface area contributed by atoms with Crippen LogP contribution in [0.2, 0.25) is 0 Å². The quantitative estimate of drug-likeness (QED) is 0.860. The standard InChI is InChI=1S/C16H16BrN3O3/c1-10-3-2-4-11(19-10)9-18-16(21)20-13-8-15-14(7-12(13)17)22-5-6-23-15/h2-4,7-8H,5-6,9H2,1H3,(H2,18,20,21). The number of rotatable bonds is 3. The summed E-state index contributed by atoms with van der Waals surface area (Å²) < 4.78 is 11.7. The number of pyridine rings is 1. The molecular weight excluding hydrogens is 362 g/mol. The molecule has 2 N–H and O–H groups in total. The maximum atomic E-state index is 12.0. The number of halogens is 1. The fourth-order valence-electron chi connectivity index (χ4n) is 2.20. The minimum atomic E-state index is -0.314. The monoisotopic (exact) mass is 377 g/mol. The largest absolute Gasteiger partial charge is 0.486 e. The number of anilines is 1. The molecular formula is C16H16BrN3O3. The van der Waals surface area contributed by atoms with Gasteiger partial charge in [0.2, 0.25) is 0 Å². The van der Waals surface area contributed by atoms with Crippen LogP contribution in [0.1, 0.15) is 11.4 Å². The Kier molecular flexibility index (Phi) is 4.66. The number of urea groups is 1. The first-order valence-corrected chi connectivity index (χ1v) is 7.97. The molecule has 7 heteroatoms. The van der Waals surface area contributed by atoms with Gasteiger partial charge in [-0.25, -0.2) is 4.79 Å². The second-order valence-electron chi connectivity index (χ2n) is 5.05. The summed E-state index contributed by atoms with van der Waals surface area (Å²) in [4.78, 5) is 16.4. The Balaban J connectivity index is 1.63. The zero-order valence-corrected chi connectivity index (χ0v) is 14.1. The number of hydrogen-bond acceptors (Lipinski definition) is 4. The van der Waals surface area contributed by atoms with Crippen molar-refractivity contribution < 1.29 is 14.3 Å². The van der Waals surface area contributed by atoms with Crippen LogP contribution in [0, 0.1) is 6.92 Å². The van der Waals surface area contributed by atoms with E-state index >= 15 is 0 Å². The molecule has 6 nitrogen and oxygen atoms in total. The summed E-state index contributed by atoms with van der Waals surface area (Å²) in [6.07, 6.45) is 0. The Morgan fingerprint density at radius 1 is 1.26 bits per heavy atom. The number of benzene rings is 1. The zero-order chi connectivity index (χ0) is 16.2. The second kappa shape index (κ2) is 6.87. The number of aryl methyl sites for hydroxylation is 1. The highest BCUT2D eigenvalue weighted by Gasteiger charge is 2.16. The molecule has 1 aliphatic rings. The molecule has 2 amide bonds. The number of amides is 2. The second-order valence-corrected chi connectivity index (χ2v) is 5.91. The third kappa shape index (κ3) is 3.92. The van der Waals surface area contributed by atoms with Crippen LogP contribution in [0.5, 0.6) is 11.5 Å². The van der Waals surface area contributed by atoms with Crippen molar-refractivity contribution in [3.8, 4) is 11.5 Å². The van der Waals surface area contributed by atoms with Gasteiger partial charge in [0.05, 0.1) is 17.9 Å². The van der Waals surface area contributed by atoms with Gasteiger partial charge in [0, 0.05) is 22.3 Å². The fourth-order valence-corrected chi connectivity index (χ4v) is 2.62. The third-order valence-corrected chi connectivity index (χ3v) is 3.91. The van der Waals surface area contributed by atoms with Crippen LogP contribution in [0.25, 0.3) is 0 Å². The average Bonchev–Trinajstić information content (AvgIpc) is 2.54. The van der Waals surface area contributed by atoms with Gasteiger partial charge in [0.1, 0.15) is 13.2 Å². The van der Waals surface area contributed by atoms with E-state index in [-0.39, 0.29) is 6.03 Å². The molecule has 2 aromatic rings. The molecule has 2 heterocycles. The maximum absolute atomic E-state index is 12.0. The van der Waals surface area contributed by atoms with E-state index in [1.807, 2.05) is 25.1 Å². The van der Waals surface area contributed by atoms with Crippen molar-refractivity contribution >= 4 is 27.6 Å². The van der Waals surface area contributed by atoms with Crippen LogP contribution < -0.4 is 20.1 Å². The molecule has 1 aliphatic heterocycles. The van der Waals surface area contributed by atoms with E-state index < -0.39 is 0 Å². The number of hydrogen-bond donors (Lipinski definition) is 2. The van der Waals surface area contributed by atoms with Gasteiger partial charge in [0.15, 0.2) is 11.5 Å². The van der Waals surface area contributed by atoms with Gasteiger partial charge in [-0.15, -0.1) is 0 Å². The van der Waals surface area contributed by atoms with E-state index in [2.05, 4.69) is 31.5 Å². The fraction of sp³-hybridized carbons (Fsp3) is 0.250. The van der Waals surface area contributed by atoms with Crippen LogP contribution in [0.15, 0.2) is 34.8 Å². The van der Waals surface area contributed by atoms with Crippen molar-refractivity contribution in [2.75, 3.05) is 18.5 Å². The summed E-state index contributed by atoms with van der Waals surface area (Å²) in [7, 11) is 0. The number of nitrogens with one attached hydrogen (secondary N) is 2. The average molecular weight is 378 g/mol.